The molecule has 0 bridgehead atoms. The van der Waals surface area contributed by atoms with Crippen LogP contribution in [0.4, 0.5) is 4.39 Å². The van der Waals surface area contributed by atoms with Gasteiger partial charge in [-0.3, -0.25) is 4.79 Å². The van der Waals surface area contributed by atoms with Crippen molar-refractivity contribution in [2.75, 3.05) is 20.7 Å². The van der Waals surface area contributed by atoms with Crippen LogP contribution in [0.25, 0.3) is 0 Å². The van der Waals surface area contributed by atoms with Gasteiger partial charge in [-0.25, -0.2) is 4.39 Å². The van der Waals surface area contributed by atoms with Gasteiger partial charge in [0.15, 0.2) is 0 Å². The van der Waals surface area contributed by atoms with Gasteiger partial charge in [-0.15, -0.1) is 12.4 Å². The number of methoxy groups -OCH3 is 1. The predicted octanol–water partition coefficient (Wildman–Crippen LogP) is 3.66. The summed E-state index contributed by atoms with van der Waals surface area (Å²) in [5, 5.41) is 6.13. The van der Waals surface area contributed by atoms with Gasteiger partial charge in [-0.2, -0.15) is 0 Å². The molecule has 0 saturated heterocycles. The summed E-state index contributed by atoms with van der Waals surface area (Å²) < 4.78 is 18.3. The van der Waals surface area contributed by atoms with E-state index < -0.39 is 0 Å². The van der Waals surface area contributed by atoms with Crippen molar-refractivity contribution in [2.24, 2.45) is 0 Å². The van der Waals surface area contributed by atoms with E-state index in [2.05, 4.69) is 10.6 Å². The first kappa shape index (κ1) is 21.9. The Morgan fingerprint density at radius 2 is 1.77 bits per heavy atom. The lowest BCUT2D eigenvalue weighted by Gasteiger charge is -2.20. The summed E-state index contributed by atoms with van der Waals surface area (Å²) in [6, 6.07) is 13.9. The molecule has 0 aromatic heterocycles. The third-order valence-corrected chi connectivity index (χ3v) is 4.04. The van der Waals surface area contributed by atoms with Crippen LogP contribution in [0, 0.1) is 5.82 Å². The highest BCUT2D eigenvalue weighted by Gasteiger charge is 2.15. The van der Waals surface area contributed by atoms with Gasteiger partial charge in [0, 0.05) is 6.42 Å². The van der Waals surface area contributed by atoms with Crippen molar-refractivity contribution in [3.8, 4) is 5.75 Å². The lowest BCUT2D eigenvalue weighted by atomic mass is 9.98. The lowest BCUT2D eigenvalue weighted by molar-refractivity contribution is -0.121. The highest BCUT2D eigenvalue weighted by Crippen LogP contribution is 2.22. The van der Waals surface area contributed by atoms with Gasteiger partial charge >= 0.3 is 0 Å². The van der Waals surface area contributed by atoms with E-state index in [1.54, 1.807) is 19.2 Å². The molecule has 1 amide bonds. The van der Waals surface area contributed by atoms with Crippen LogP contribution < -0.4 is 15.4 Å². The number of carbonyl (C=O) groups is 1. The van der Waals surface area contributed by atoms with Crippen LogP contribution in [0.3, 0.4) is 0 Å². The molecule has 2 rings (SSSR count). The van der Waals surface area contributed by atoms with Crippen LogP contribution in [0.2, 0.25) is 0 Å². The molecule has 0 aliphatic rings. The van der Waals surface area contributed by atoms with Gasteiger partial charge < -0.3 is 15.4 Å². The summed E-state index contributed by atoms with van der Waals surface area (Å²) in [6.07, 6.45) is 1.86. The number of benzene rings is 2. The first-order valence-corrected chi connectivity index (χ1v) is 8.44. The van der Waals surface area contributed by atoms with Gasteiger partial charge in [-0.05, 0) is 61.8 Å². The van der Waals surface area contributed by atoms with Crippen LogP contribution in [0.5, 0.6) is 5.75 Å². The molecule has 4 nitrogen and oxygen atoms in total. The summed E-state index contributed by atoms with van der Waals surface area (Å²) in [5.74, 6) is 0.517. The molecule has 1 atom stereocenters. The Hall–Kier alpha value is -2.11. The summed E-state index contributed by atoms with van der Waals surface area (Å²) in [4.78, 5) is 12.2. The van der Waals surface area contributed by atoms with Gasteiger partial charge in [0.05, 0.1) is 13.2 Å². The second-order valence-corrected chi connectivity index (χ2v) is 5.93. The molecular formula is C20H26ClFN2O2. The zero-order valence-electron chi connectivity index (χ0n) is 15.1. The Labute approximate surface area is 160 Å². The fraction of sp³-hybridized carbons (Fsp3) is 0.350. The highest BCUT2D eigenvalue weighted by molar-refractivity contribution is 5.85. The molecule has 0 fully saturated rings. The average molecular weight is 381 g/mol. The molecule has 0 spiro atoms. The topological polar surface area (TPSA) is 50.4 Å². The molecule has 0 radical (unpaired) electrons. The normalized spacial score (nSPS) is 11.3. The summed E-state index contributed by atoms with van der Waals surface area (Å²) in [7, 11) is 3.49. The molecule has 142 valence electrons. The molecule has 6 heteroatoms. The lowest BCUT2D eigenvalue weighted by Crippen LogP contribution is -2.30. The number of carbonyl (C=O) groups excluding carboxylic acids is 1. The van der Waals surface area contributed by atoms with Gasteiger partial charge in [0.25, 0.3) is 0 Å². The standard InChI is InChI=1S/C20H25FN2O2.ClH/c1-22-13-3-4-20(24)23-19(14-15-5-9-17(21)10-6-15)16-7-11-18(25-2)12-8-16;/h5-12,19,22H,3-4,13-14H2,1-2H3,(H,23,24);1H. The smallest absolute Gasteiger partial charge is 0.220 e. The van der Waals surface area contributed by atoms with E-state index in [1.165, 1.54) is 12.1 Å². The first-order chi connectivity index (χ1) is 12.1. The van der Waals surface area contributed by atoms with Crippen molar-refractivity contribution >= 4 is 18.3 Å². The largest absolute Gasteiger partial charge is 0.497 e. The number of hydrogen-bond donors (Lipinski definition) is 2. The molecule has 0 aliphatic carbocycles. The van der Waals surface area contributed by atoms with Crippen LogP contribution in [0.15, 0.2) is 48.5 Å². The molecule has 2 aromatic rings. The molecule has 1 unspecified atom stereocenters. The number of rotatable bonds is 9. The van der Waals surface area contributed by atoms with Gasteiger partial charge in [-0.1, -0.05) is 24.3 Å². The van der Waals surface area contributed by atoms with Crippen molar-refractivity contribution in [3.05, 3.63) is 65.5 Å². The molecule has 0 heterocycles. The molecule has 2 aromatic carbocycles. The Balaban J connectivity index is 0.00000338. The van der Waals surface area contributed by atoms with Crippen molar-refractivity contribution in [1.82, 2.24) is 10.6 Å². The molecule has 2 N–H and O–H groups in total. The zero-order valence-corrected chi connectivity index (χ0v) is 15.9. The van der Waals surface area contributed by atoms with E-state index >= 15 is 0 Å². The fourth-order valence-corrected chi connectivity index (χ4v) is 2.64. The highest BCUT2D eigenvalue weighted by atomic mass is 35.5. The first-order valence-electron chi connectivity index (χ1n) is 8.44. The Morgan fingerprint density at radius 1 is 1.12 bits per heavy atom. The van der Waals surface area contributed by atoms with E-state index in [1.807, 2.05) is 31.3 Å². The van der Waals surface area contributed by atoms with Gasteiger partial charge in [0.1, 0.15) is 11.6 Å². The maximum Gasteiger partial charge on any atom is 0.220 e. The van der Waals surface area contributed by atoms with E-state index in [0.717, 1.165) is 29.8 Å². The average Bonchev–Trinajstić information content (AvgIpc) is 2.63. The van der Waals surface area contributed by atoms with E-state index in [0.29, 0.717) is 12.8 Å². The molecule has 0 saturated carbocycles. The van der Waals surface area contributed by atoms with Crippen molar-refractivity contribution < 1.29 is 13.9 Å². The SMILES string of the molecule is CNCCCC(=O)NC(Cc1ccc(F)cc1)c1ccc(OC)cc1.Cl. The Bertz CT molecular complexity index is 663. The van der Waals surface area contributed by atoms with Gasteiger partial charge in [0.2, 0.25) is 5.91 Å². The monoisotopic (exact) mass is 380 g/mol. The second-order valence-electron chi connectivity index (χ2n) is 5.93. The van der Waals surface area contributed by atoms with Crippen molar-refractivity contribution in [1.29, 1.82) is 0 Å². The minimum Gasteiger partial charge on any atom is -0.497 e. The summed E-state index contributed by atoms with van der Waals surface area (Å²) in [6.45, 7) is 0.804. The van der Waals surface area contributed by atoms with Crippen molar-refractivity contribution in [3.63, 3.8) is 0 Å². The molecular weight excluding hydrogens is 355 g/mol. The summed E-state index contributed by atoms with van der Waals surface area (Å²) in [5.41, 5.74) is 1.96. The van der Waals surface area contributed by atoms with Crippen molar-refractivity contribution in [2.45, 2.75) is 25.3 Å². The maximum atomic E-state index is 13.1. The Morgan fingerprint density at radius 3 is 2.35 bits per heavy atom. The molecule has 0 aliphatic heterocycles. The van der Waals surface area contributed by atoms with E-state index in [-0.39, 0.29) is 30.2 Å². The summed E-state index contributed by atoms with van der Waals surface area (Å²) >= 11 is 0. The fourth-order valence-electron chi connectivity index (χ4n) is 2.64. The third kappa shape index (κ3) is 7.02. The number of hydrogen-bond acceptors (Lipinski definition) is 3. The van der Waals surface area contributed by atoms with E-state index in [4.69, 9.17) is 4.74 Å². The quantitative estimate of drug-likeness (QED) is 0.653. The Kier molecular flexibility index (Phi) is 9.70. The number of ether oxygens (including phenoxy) is 1. The van der Waals surface area contributed by atoms with Crippen LogP contribution >= 0.6 is 12.4 Å². The van der Waals surface area contributed by atoms with E-state index in [9.17, 15) is 9.18 Å². The van der Waals surface area contributed by atoms with Crippen LogP contribution in [-0.2, 0) is 11.2 Å². The van der Waals surface area contributed by atoms with Crippen LogP contribution in [-0.4, -0.2) is 26.6 Å². The minimum atomic E-state index is -0.263. The van der Waals surface area contributed by atoms with Crippen LogP contribution in [0.1, 0.15) is 30.0 Å². The zero-order chi connectivity index (χ0) is 18.1. The second kappa shape index (κ2) is 11.5. The third-order valence-electron chi connectivity index (χ3n) is 4.04. The number of nitrogens with one attached hydrogen (secondary N) is 2. The molecule has 26 heavy (non-hydrogen) atoms. The minimum absolute atomic E-state index is 0. The number of amides is 1. The number of halogens is 2. The predicted molar refractivity (Wildman–Crippen MR) is 104 cm³/mol. The maximum absolute atomic E-state index is 13.1.